The van der Waals surface area contributed by atoms with E-state index in [1.54, 1.807) is 18.3 Å². The van der Waals surface area contributed by atoms with Crippen LogP contribution < -0.4 is 9.64 Å². The molecule has 0 N–H and O–H groups in total. The van der Waals surface area contributed by atoms with E-state index < -0.39 is 0 Å². The first kappa shape index (κ1) is 18.4. The second-order valence-corrected chi connectivity index (χ2v) is 7.84. The van der Waals surface area contributed by atoms with Crippen LogP contribution in [0.5, 0.6) is 5.75 Å². The minimum atomic E-state index is -0.0706. The monoisotopic (exact) mass is 414 g/mol. The molecule has 0 fully saturated rings. The fraction of sp³-hybridized carbons (Fsp3) is 0.0833. The normalized spacial score (nSPS) is 11.1. The summed E-state index contributed by atoms with van der Waals surface area (Å²) in [7, 11) is 1.62. The largest absolute Gasteiger partial charge is 0.497 e. The van der Waals surface area contributed by atoms with Crippen LogP contribution in [0, 0.1) is 0 Å². The SMILES string of the molecule is COc1ccc2c(CC(=O)N(c3ccccc3)c3nc4ccccc4s3)coc2c1. The molecule has 0 unspecified atom stereocenters. The second kappa shape index (κ2) is 7.65. The summed E-state index contributed by atoms with van der Waals surface area (Å²) in [4.78, 5) is 19.9. The summed E-state index contributed by atoms with van der Waals surface area (Å²) in [6.07, 6.45) is 1.84. The predicted molar refractivity (Wildman–Crippen MR) is 120 cm³/mol. The van der Waals surface area contributed by atoms with E-state index in [0.717, 1.165) is 32.6 Å². The number of fused-ring (bicyclic) bond motifs is 2. The number of carbonyl (C=O) groups is 1. The molecule has 5 nitrogen and oxygen atoms in total. The molecule has 0 atom stereocenters. The molecule has 5 rings (SSSR count). The van der Waals surface area contributed by atoms with Crippen molar-refractivity contribution in [1.29, 1.82) is 0 Å². The lowest BCUT2D eigenvalue weighted by atomic mass is 10.1. The van der Waals surface area contributed by atoms with E-state index in [9.17, 15) is 4.79 Å². The maximum Gasteiger partial charge on any atom is 0.237 e. The van der Waals surface area contributed by atoms with Gasteiger partial charge in [-0.2, -0.15) is 0 Å². The van der Waals surface area contributed by atoms with Crippen LogP contribution in [0.1, 0.15) is 5.56 Å². The highest BCUT2D eigenvalue weighted by Crippen LogP contribution is 2.34. The Balaban J connectivity index is 1.54. The summed E-state index contributed by atoms with van der Waals surface area (Å²) in [6, 6.07) is 23.1. The minimum Gasteiger partial charge on any atom is -0.497 e. The number of hydrogen-bond donors (Lipinski definition) is 0. The molecule has 0 aliphatic rings. The van der Waals surface area contributed by atoms with Crippen LogP contribution in [-0.2, 0) is 11.2 Å². The van der Waals surface area contributed by atoms with Crippen molar-refractivity contribution in [3.63, 3.8) is 0 Å². The number of benzene rings is 3. The summed E-state index contributed by atoms with van der Waals surface area (Å²) in [6.45, 7) is 0. The number of nitrogens with zero attached hydrogens (tertiary/aromatic N) is 2. The Morgan fingerprint density at radius 3 is 2.67 bits per heavy atom. The summed E-state index contributed by atoms with van der Waals surface area (Å²) in [5, 5.41) is 1.56. The Labute approximate surface area is 177 Å². The van der Waals surface area contributed by atoms with Crippen LogP contribution in [0.4, 0.5) is 10.8 Å². The lowest BCUT2D eigenvalue weighted by molar-refractivity contribution is -0.117. The summed E-state index contributed by atoms with van der Waals surface area (Å²) in [5.74, 6) is 0.647. The Bertz CT molecular complexity index is 1310. The van der Waals surface area contributed by atoms with E-state index in [4.69, 9.17) is 14.1 Å². The molecule has 5 aromatic rings. The topological polar surface area (TPSA) is 55.6 Å². The first-order valence-corrected chi connectivity index (χ1v) is 10.3. The molecule has 3 aromatic carbocycles. The first-order valence-electron chi connectivity index (χ1n) is 9.50. The number of thiazole rings is 1. The highest BCUT2D eigenvalue weighted by Gasteiger charge is 2.23. The second-order valence-electron chi connectivity index (χ2n) is 6.83. The molecule has 0 saturated carbocycles. The van der Waals surface area contributed by atoms with Crippen LogP contribution in [0.25, 0.3) is 21.2 Å². The zero-order valence-electron chi connectivity index (χ0n) is 16.2. The Morgan fingerprint density at radius 2 is 1.87 bits per heavy atom. The van der Waals surface area contributed by atoms with Crippen LogP contribution in [0.3, 0.4) is 0 Å². The number of hydrogen-bond acceptors (Lipinski definition) is 5. The van der Waals surface area contributed by atoms with E-state index in [1.165, 1.54) is 11.3 Å². The molecular weight excluding hydrogens is 396 g/mol. The van der Waals surface area contributed by atoms with E-state index >= 15 is 0 Å². The minimum absolute atomic E-state index is 0.0706. The van der Waals surface area contributed by atoms with E-state index in [1.807, 2.05) is 72.8 Å². The lowest BCUT2D eigenvalue weighted by Gasteiger charge is -2.19. The molecule has 0 spiro atoms. The van der Waals surface area contributed by atoms with Gasteiger partial charge in [-0.25, -0.2) is 4.98 Å². The molecule has 0 radical (unpaired) electrons. The zero-order valence-corrected chi connectivity index (χ0v) is 17.1. The van der Waals surface area contributed by atoms with Crippen LogP contribution in [0.15, 0.2) is 83.5 Å². The summed E-state index contributed by atoms with van der Waals surface area (Å²) >= 11 is 1.50. The number of anilines is 2. The van der Waals surface area contributed by atoms with Crippen LogP contribution in [0.2, 0.25) is 0 Å². The fourth-order valence-electron chi connectivity index (χ4n) is 3.46. The molecular formula is C24H18N2O3S. The third kappa shape index (κ3) is 3.31. The highest BCUT2D eigenvalue weighted by atomic mass is 32.1. The number of ether oxygens (including phenoxy) is 1. The van der Waals surface area contributed by atoms with Gasteiger partial charge in [-0.05, 0) is 36.4 Å². The van der Waals surface area contributed by atoms with E-state index in [-0.39, 0.29) is 12.3 Å². The van der Waals surface area contributed by atoms with Gasteiger partial charge in [0.2, 0.25) is 5.91 Å². The number of furan rings is 1. The first-order chi connectivity index (χ1) is 14.7. The fourth-order valence-corrected chi connectivity index (χ4v) is 4.47. The third-order valence-corrected chi connectivity index (χ3v) is 5.96. The average Bonchev–Trinajstić information content (AvgIpc) is 3.38. The van der Waals surface area contributed by atoms with E-state index in [2.05, 4.69) is 0 Å². The third-order valence-electron chi connectivity index (χ3n) is 4.94. The number of amides is 1. The van der Waals surface area contributed by atoms with Gasteiger partial charge in [-0.3, -0.25) is 9.69 Å². The van der Waals surface area contributed by atoms with Crippen molar-refractivity contribution in [1.82, 2.24) is 4.98 Å². The Morgan fingerprint density at radius 1 is 1.07 bits per heavy atom. The van der Waals surface area contributed by atoms with Crippen molar-refractivity contribution < 1.29 is 13.9 Å². The standard InChI is InChI=1S/C24H18N2O3S/c1-28-18-11-12-19-16(15-29-21(19)14-18)13-23(27)26(17-7-3-2-4-8-17)24-25-20-9-5-6-10-22(20)30-24/h2-12,14-15H,13H2,1H3. The van der Waals surface area contributed by atoms with Crippen molar-refractivity contribution in [2.45, 2.75) is 6.42 Å². The molecule has 148 valence electrons. The summed E-state index contributed by atoms with van der Waals surface area (Å²) in [5.41, 5.74) is 3.20. The van der Waals surface area contributed by atoms with Crippen LogP contribution >= 0.6 is 11.3 Å². The lowest BCUT2D eigenvalue weighted by Crippen LogP contribution is -2.27. The smallest absolute Gasteiger partial charge is 0.237 e. The van der Waals surface area contributed by atoms with Crippen molar-refractivity contribution in [3.05, 3.63) is 84.6 Å². The maximum atomic E-state index is 13.5. The number of rotatable bonds is 5. The molecule has 6 heteroatoms. The van der Waals surface area contributed by atoms with Crippen molar-refractivity contribution in [3.8, 4) is 5.75 Å². The van der Waals surface area contributed by atoms with E-state index in [0.29, 0.717) is 10.7 Å². The van der Waals surface area contributed by atoms with Gasteiger partial charge in [0.1, 0.15) is 11.3 Å². The maximum absolute atomic E-state index is 13.5. The van der Waals surface area contributed by atoms with Gasteiger partial charge >= 0.3 is 0 Å². The van der Waals surface area contributed by atoms with Gasteiger partial charge in [0.05, 0.1) is 35.7 Å². The molecule has 1 amide bonds. The molecule has 30 heavy (non-hydrogen) atoms. The Hall–Kier alpha value is -3.64. The summed E-state index contributed by atoms with van der Waals surface area (Å²) < 4.78 is 12.0. The van der Waals surface area contributed by atoms with Crippen molar-refractivity contribution >= 4 is 49.2 Å². The number of aromatic nitrogens is 1. The van der Waals surface area contributed by atoms with Gasteiger partial charge in [0, 0.05) is 17.0 Å². The molecule has 0 bridgehead atoms. The molecule has 0 aliphatic carbocycles. The van der Waals surface area contributed by atoms with Gasteiger partial charge < -0.3 is 9.15 Å². The molecule has 2 aromatic heterocycles. The zero-order chi connectivity index (χ0) is 20.5. The molecule has 2 heterocycles. The highest BCUT2D eigenvalue weighted by molar-refractivity contribution is 7.22. The van der Waals surface area contributed by atoms with Crippen molar-refractivity contribution in [2.24, 2.45) is 0 Å². The van der Waals surface area contributed by atoms with Gasteiger partial charge in [-0.1, -0.05) is 41.7 Å². The molecule has 0 aliphatic heterocycles. The van der Waals surface area contributed by atoms with Gasteiger partial charge in [-0.15, -0.1) is 0 Å². The number of para-hydroxylation sites is 2. The predicted octanol–water partition coefficient (Wildman–Crippen LogP) is 5.96. The number of carbonyl (C=O) groups excluding carboxylic acids is 1. The van der Waals surface area contributed by atoms with Gasteiger partial charge in [0.15, 0.2) is 5.13 Å². The molecule has 0 saturated heterocycles. The average molecular weight is 414 g/mol. The van der Waals surface area contributed by atoms with Crippen molar-refractivity contribution in [2.75, 3.05) is 12.0 Å². The van der Waals surface area contributed by atoms with Crippen LogP contribution in [-0.4, -0.2) is 18.0 Å². The number of methoxy groups -OCH3 is 1. The quantitative estimate of drug-likeness (QED) is 0.356. The Kier molecular flexibility index (Phi) is 4.69. The van der Waals surface area contributed by atoms with Gasteiger partial charge in [0.25, 0.3) is 0 Å².